The van der Waals surface area contributed by atoms with Crippen molar-refractivity contribution in [3.05, 3.63) is 59.7 Å². The molecule has 0 aliphatic rings. The van der Waals surface area contributed by atoms with Crippen LogP contribution in [0.15, 0.2) is 48.5 Å². The summed E-state index contributed by atoms with van der Waals surface area (Å²) in [4.78, 5) is 13.1. The van der Waals surface area contributed by atoms with Gasteiger partial charge in [-0.15, -0.1) is 26.3 Å². The highest BCUT2D eigenvalue weighted by Crippen LogP contribution is 2.34. The van der Waals surface area contributed by atoms with Crippen molar-refractivity contribution in [2.24, 2.45) is 0 Å². The van der Waals surface area contributed by atoms with E-state index in [0.717, 1.165) is 24.3 Å². The molecule has 0 aromatic heterocycles. The number of ketones is 1. The average molecular weight is 564 g/mol. The van der Waals surface area contributed by atoms with Crippen molar-refractivity contribution >= 4 is 37.6 Å². The zero-order valence-electron chi connectivity index (χ0n) is 14.9. The highest BCUT2D eigenvalue weighted by molar-refractivity contribution is 9.09. The molecule has 0 saturated carbocycles. The molecule has 0 fully saturated rings. The molecule has 0 spiro atoms. The highest BCUT2D eigenvalue weighted by atomic mass is 79.9. The van der Waals surface area contributed by atoms with E-state index < -0.39 is 41.8 Å². The van der Waals surface area contributed by atoms with Crippen LogP contribution < -0.4 is 9.47 Å². The van der Waals surface area contributed by atoms with Gasteiger partial charge in [-0.05, 0) is 35.4 Å². The van der Waals surface area contributed by atoms with Gasteiger partial charge in [0.1, 0.15) is 17.3 Å². The Labute approximate surface area is 184 Å². The van der Waals surface area contributed by atoms with Crippen molar-refractivity contribution in [3.63, 3.8) is 0 Å². The Morgan fingerprint density at radius 2 is 1.13 bits per heavy atom. The van der Waals surface area contributed by atoms with E-state index in [1.54, 1.807) is 0 Å². The van der Waals surface area contributed by atoms with Gasteiger partial charge in [-0.1, -0.05) is 56.1 Å². The van der Waals surface area contributed by atoms with Crippen LogP contribution in [0.5, 0.6) is 11.5 Å². The lowest BCUT2D eigenvalue weighted by Gasteiger charge is -2.21. The number of halogens is 8. The Morgan fingerprint density at radius 1 is 0.767 bits per heavy atom. The molecule has 30 heavy (non-hydrogen) atoms. The number of ether oxygens (including phenoxy) is 2. The normalized spacial score (nSPS) is 14.1. The average Bonchev–Trinajstić information content (AvgIpc) is 2.61. The summed E-state index contributed by atoms with van der Waals surface area (Å²) in [6.45, 7) is 0. The van der Waals surface area contributed by atoms with Gasteiger partial charge < -0.3 is 9.47 Å². The van der Waals surface area contributed by atoms with E-state index in [1.807, 2.05) is 0 Å². The third-order valence-electron chi connectivity index (χ3n) is 3.98. The number of rotatable bonds is 8. The number of hydrogen-bond donors (Lipinski definition) is 0. The van der Waals surface area contributed by atoms with Gasteiger partial charge in [0.25, 0.3) is 0 Å². The summed E-state index contributed by atoms with van der Waals surface area (Å²) >= 11 is 6.38. The van der Waals surface area contributed by atoms with Gasteiger partial charge in [0.05, 0.1) is 11.8 Å². The van der Waals surface area contributed by atoms with Crippen LogP contribution >= 0.6 is 31.9 Å². The molecule has 2 aromatic rings. The number of hydrogen-bond acceptors (Lipinski definition) is 3. The van der Waals surface area contributed by atoms with E-state index in [0.29, 0.717) is 0 Å². The van der Waals surface area contributed by atoms with Crippen molar-refractivity contribution in [2.75, 3.05) is 10.7 Å². The van der Waals surface area contributed by atoms with Gasteiger partial charge >= 0.3 is 12.7 Å². The van der Waals surface area contributed by atoms with Gasteiger partial charge in [0.2, 0.25) is 0 Å². The topological polar surface area (TPSA) is 35.5 Å². The first-order valence-corrected chi connectivity index (χ1v) is 10.5. The van der Waals surface area contributed by atoms with Crippen LogP contribution in [-0.2, 0) is 4.79 Å². The first-order chi connectivity index (χ1) is 13.9. The summed E-state index contributed by atoms with van der Waals surface area (Å²) in [6.07, 6.45) is -9.77. The lowest BCUT2D eigenvalue weighted by atomic mass is 9.85. The zero-order valence-corrected chi connectivity index (χ0v) is 18.1. The lowest BCUT2D eigenvalue weighted by molar-refractivity contribution is -0.275. The van der Waals surface area contributed by atoms with E-state index in [2.05, 4.69) is 41.3 Å². The third kappa shape index (κ3) is 7.19. The zero-order chi connectivity index (χ0) is 22.5. The fraction of sp³-hybridized carbons (Fsp3) is 0.316. The predicted molar refractivity (Wildman–Crippen MR) is 104 cm³/mol. The molecule has 164 valence electrons. The predicted octanol–water partition coefficient (Wildman–Crippen LogP) is 6.71. The van der Waals surface area contributed by atoms with Gasteiger partial charge in [-0.25, -0.2) is 0 Å². The molecule has 0 N–H and O–H groups in total. The van der Waals surface area contributed by atoms with E-state index in [9.17, 15) is 31.1 Å². The smallest absolute Gasteiger partial charge is 0.406 e. The molecule has 0 radical (unpaired) electrons. The van der Waals surface area contributed by atoms with Crippen LogP contribution in [0.25, 0.3) is 0 Å². The highest BCUT2D eigenvalue weighted by Gasteiger charge is 2.34. The van der Waals surface area contributed by atoms with Gasteiger partial charge in [0, 0.05) is 10.7 Å². The van der Waals surface area contributed by atoms with Crippen LogP contribution in [0.1, 0.15) is 23.0 Å². The van der Waals surface area contributed by atoms with Crippen molar-refractivity contribution in [1.82, 2.24) is 0 Å². The van der Waals surface area contributed by atoms with Crippen LogP contribution in [0.4, 0.5) is 26.3 Å². The molecule has 2 aromatic carbocycles. The maximum atomic E-state index is 13.1. The minimum atomic E-state index is -4.89. The molecule has 2 atom stereocenters. The Hall–Kier alpha value is -1.75. The number of benzene rings is 2. The molecule has 2 unspecified atom stereocenters. The summed E-state index contributed by atoms with van der Waals surface area (Å²) in [6, 6.07) is 10.0. The van der Waals surface area contributed by atoms with Crippen molar-refractivity contribution < 1.29 is 40.6 Å². The molecule has 2 rings (SSSR count). The van der Waals surface area contributed by atoms with E-state index in [4.69, 9.17) is 0 Å². The fourth-order valence-corrected chi connectivity index (χ4v) is 4.14. The summed E-state index contributed by atoms with van der Waals surface area (Å²) in [5, 5.41) is 0.174. The van der Waals surface area contributed by atoms with Crippen LogP contribution in [0.3, 0.4) is 0 Å². The minimum Gasteiger partial charge on any atom is -0.406 e. The summed E-state index contributed by atoms with van der Waals surface area (Å²) in [5.41, 5.74) is 0.541. The van der Waals surface area contributed by atoms with Gasteiger partial charge in [-0.2, -0.15) is 0 Å². The third-order valence-corrected chi connectivity index (χ3v) is 5.28. The molecule has 0 aliphatic heterocycles. The Bertz CT molecular complexity index is 800. The first kappa shape index (κ1) is 24.5. The molecule has 0 amide bonds. The molecule has 0 aliphatic carbocycles. The SMILES string of the molecule is O=C(C(CBr)c1cccc(OC(F)(F)F)c1)C(CBr)c1cccc(OC(F)(F)F)c1. The number of carbonyl (C=O) groups is 1. The molecule has 0 saturated heterocycles. The van der Waals surface area contributed by atoms with Crippen molar-refractivity contribution in [3.8, 4) is 11.5 Å². The lowest BCUT2D eigenvalue weighted by Crippen LogP contribution is -2.24. The largest absolute Gasteiger partial charge is 0.573 e. The first-order valence-electron chi connectivity index (χ1n) is 8.30. The number of carbonyl (C=O) groups excluding carboxylic acids is 1. The number of alkyl halides is 8. The fourth-order valence-electron chi connectivity index (χ4n) is 2.76. The number of Topliss-reactive ketones (excluding diaryl/α,β-unsaturated/α-hetero) is 1. The van der Waals surface area contributed by atoms with Gasteiger partial charge in [0.15, 0.2) is 0 Å². The van der Waals surface area contributed by atoms with Crippen molar-refractivity contribution in [2.45, 2.75) is 24.6 Å². The van der Waals surface area contributed by atoms with Crippen LogP contribution in [-0.4, -0.2) is 29.2 Å². The Kier molecular flexibility index (Phi) is 8.20. The summed E-state index contributed by atoms with van der Waals surface area (Å²) in [5.74, 6) is -3.09. The molecule has 0 bridgehead atoms. The molecule has 11 heteroatoms. The maximum absolute atomic E-state index is 13.1. The quantitative estimate of drug-likeness (QED) is 0.264. The Balaban J connectivity index is 2.31. The molecular weight excluding hydrogens is 550 g/mol. The minimum absolute atomic E-state index is 0.0869. The van der Waals surface area contributed by atoms with Gasteiger partial charge in [-0.3, -0.25) is 4.79 Å². The molecular formula is C19H14Br2F6O3. The van der Waals surface area contributed by atoms with Crippen molar-refractivity contribution in [1.29, 1.82) is 0 Å². The van der Waals surface area contributed by atoms with E-state index in [1.165, 1.54) is 24.3 Å². The van der Waals surface area contributed by atoms with Crippen LogP contribution in [0.2, 0.25) is 0 Å². The summed E-state index contributed by atoms with van der Waals surface area (Å²) in [7, 11) is 0. The van der Waals surface area contributed by atoms with E-state index in [-0.39, 0.29) is 21.8 Å². The second kappa shape index (κ2) is 10.0. The van der Waals surface area contributed by atoms with E-state index >= 15 is 0 Å². The standard InChI is InChI=1S/C19H14Br2F6O3/c20-9-15(11-3-1-5-13(7-11)29-18(22,23)24)17(28)16(10-21)12-4-2-6-14(8-12)30-19(25,26)27/h1-8,15-16H,9-10H2. The second-order valence-electron chi connectivity index (χ2n) is 6.06. The summed E-state index contributed by atoms with van der Waals surface area (Å²) < 4.78 is 82.6. The Morgan fingerprint density at radius 3 is 1.43 bits per heavy atom. The second-order valence-corrected chi connectivity index (χ2v) is 7.35. The molecule has 3 nitrogen and oxygen atoms in total. The molecule has 0 heterocycles. The monoisotopic (exact) mass is 562 g/mol. The maximum Gasteiger partial charge on any atom is 0.573 e. The van der Waals surface area contributed by atoms with Crippen LogP contribution in [0, 0.1) is 0 Å².